The molecule has 2 heterocycles. The Hall–Kier alpha value is -2.23. The van der Waals surface area contributed by atoms with Crippen molar-refractivity contribution in [3.8, 4) is 0 Å². The van der Waals surface area contributed by atoms with Crippen LogP contribution in [0.4, 0.5) is 5.69 Å². The predicted octanol–water partition coefficient (Wildman–Crippen LogP) is 3.30. The molecule has 1 aliphatic heterocycles. The third kappa shape index (κ3) is 2.21. The number of rotatable bonds is 3. The van der Waals surface area contributed by atoms with Crippen molar-refractivity contribution in [1.82, 2.24) is 5.16 Å². The van der Waals surface area contributed by atoms with Crippen LogP contribution in [0.25, 0.3) is 5.76 Å². The average Bonchev–Trinajstić information content (AvgIpc) is 3.08. The molecule has 1 atom stereocenters. The van der Waals surface area contributed by atoms with E-state index in [1.165, 1.54) is 0 Å². The summed E-state index contributed by atoms with van der Waals surface area (Å²) in [5, 5.41) is 3.70. The Labute approximate surface area is 112 Å². The molecule has 1 radical (unpaired) electrons. The third-order valence-corrected chi connectivity index (χ3v) is 2.98. The van der Waals surface area contributed by atoms with Gasteiger partial charge in [0.1, 0.15) is 6.20 Å². The molecular weight excluding hydrogens is 240 g/mol. The van der Waals surface area contributed by atoms with Gasteiger partial charge in [0.25, 0.3) is 0 Å². The number of hydrogen-bond acceptors (Lipinski definition) is 4. The van der Waals surface area contributed by atoms with Gasteiger partial charge in [-0.15, -0.1) is 0 Å². The van der Waals surface area contributed by atoms with E-state index in [1.807, 2.05) is 35.2 Å². The number of benzene rings is 1. The van der Waals surface area contributed by atoms with E-state index in [-0.39, 0.29) is 6.23 Å². The van der Waals surface area contributed by atoms with Crippen molar-refractivity contribution in [3.63, 3.8) is 0 Å². The molecule has 0 saturated carbocycles. The highest BCUT2D eigenvalue weighted by atomic mass is 16.5. The lowest BCUT2D eigenvalue weighted by atomic mass is 10.1. The highest BCUT2D eigenvalue weighted by molar-refractivity contribution is 5.62. The number of hydrogen-bond donors (Lipinski definition) is 0. The molecule has 1 aliphatic rings. The Balaban J connectivity index is 1.95. The van der Waals surface area contributed by atoms with E-state index in [4.69, 9.17) is 9.26 Å². The minimum absolute atomic E-state index is 0.0810. The third-order valence-electron chi connectivity index (χ3n) is 2.98. The fourth-order valence-electron chi connectivity index (χ4n) is 2.05. The van der Waals surface area contributed by atoms with Crippen molar-refractivity contribution in [2.45, 2.75) is 20.1 Å². The van der Waals surface area contributed by atoms with Crippen LogP contribution in [-0.4, -0.2) is 11.4 Å². The van der Waals surface area contributed by atoms with E-state index in [0.29, 0.717) is 17.4 Å². The van der Waals surface area contributed by atoms with Gasteiger partial charge in [-0.2, -0.15) is 0 Å². The number of aromatic nitrogens is 1. The summed E-state index contributed by atoms with van der Waals surface area (Å²) in [6, 6.07) is 11.8. The highest BCUT2D eigenvalue weighted by Crippen LogP contribution is 2.33. The maximum atomic E-state index is 5.93. The van der Waals surface area contributed by atoms with Gasteiger partial charge in [0.05, 0.1) is 6.20 Å². The van der Waals surface area contributed by atoms with Crippen LogP contribution in [0.15, 0.2) is 47.1 Å². The Bertz CT molecular complexity index is 561. The molecule has 0 fully saturated rings. The van der Waals surface area contributed by atoms with Gasteiger partial charge >= 0.3 is 0 Å². The molecule has 4 heteroatoms. The second kappa shape index (κ2) is 4.80. The van der Waals surface area contributed by atoms with Gasteiger partial charge in [-0.1, -0.05) is 37.2 Å². The molecule has 0 spiro atoms. The van der Waals surface area contributed by atoms with Crippen LogP contribution in [-0.2, 0) is 4.74 Å². The number of ether oxygens (including phenoxy) is 1. The maximum absolute atomic E-state index is 5.93. The van der Waals surface area contributed by atoms with Crippen molar-refractivity contribution in [3.05, 3.63) is 54.6 Å². The van der Waals surface area contributed by atoms with Gasteiger partial charge in [0.15, 0.2) is 12.0 Å². The molecule has 1 unspecified atom stereocenters. The molecule has 3 rings (SSSR count). The summed E-state index contributed by atoms with van der Waals surface area (Å²) in [6.45, 7) is 4.23. The van der Waals surface area contributed by atoms with Gasteiger partial charge in [0.2, 0.25) is 5.76 Å². The van der Waals surface area contributed by atoms with Crippen LogP contribution in [0.5, 0.6) is 0 Å². The summed E-state index contributed by atoms with van der Waals surface area (Å²) in [6.07, 6.45) is 4.75. The van der Waals surface area contributed by atoms with Gasteiger partial charge < -0.3 is 9.26 Å². The molecular formula is C15H15N2O2. The molecule has 1 aromatic heterocycles. The second-order valence-corrected chi connectivity index (χ2v) is 4.78. The van der Waals surface area contributed by atoms with Crippen LogP contribution < -0.4 is 4.90 Å². The summed E-state index contributed by atoms with van der Waals surface area (Å²) in [7, 11) is 0. The zero-order chi connectivity index (χ0) is 13.2. The van der Waals surface area contributed by atoms with Crippen molar-refractivity contribution < 1.29 is 9.26 Å². The fourth-order valence-corrected chi connectivity index (χ4v) is 2.05. The summed E-state index contributed by atoms with van der Waals surface area (Å²) in [4.78, 5) is 2.00. The van der Waals surface area contributed by atoms with Crippen LogP contribution >= 0.6 is 0 Å². The minimum Gasteiger partial charge on any atom is -0.464 e. The molecule has 19 heavy (non-hydrogen) atoms. The minimum atomic E-state index is -0.0810. The molecule has 97 valence electrons. The Kier molecular flexibility index (Phi) is 2.99. The molecule has 0 aliphatic carbocycles. The Morgan fingerprint density at radius 2 is 2.00 bits per heavy atom. The Morgan fingerprint density at radius 3 is 2.63 bits per heavy atom. The first-order valence-corrected chi connectivity index (χ1v) is 6.31. The van der Waals surface area contributed by atoms with Crippen LogP contribution in [0.2, 0.25) is 0 Å². The fraction of sp³-hybridized carbons (Fsp3) is 0.267. The predicted molar refractivity (Wildman–Crippen MR) is 71.8 cm³/mol. The monoisotopic (exact) mass is 255 g/mol. The van der Waals surface area contributed by atoms with Crippen molar-refractivity contribution >= 4 is 11.4 Å². The molecule has 1 aromatic carbocycles. The van der Waals surface area contributed by atoms with Crippen LogP contribution in [0, 0.1) is 12.1 Å². The number of nitrogens with zero attached hydrogens (tertiary/aromatic N) is 2. The number of anilines is 1. The first-order chi connectivity index (χ1) is 9.25. The lowest BCUT2D eigenvalue weighted by Gasteiger charge is -2.26. The van der Waals surface area contributed by atoms with Gasteiger partial charge in [-0.25, -0.2) is 0 Å². The molecule has 0 N–H and O–H groups in total. The SMILES string of the molecule is CC(C)C1OC(c2ccno2)=[C]N1c1ccccc1. The molecule has 0 bridgehead atoms. The zero-order valence-corrected chi connectivity index (χ0v) is 10.9. The molecule has 4 nitrogen and oxygen atoms in total. The van der Waals surface area contributed by atoms with E-state index in [9.17, 15) is 0 Å². The van der Waals surface area contributed by atoms with Crippen LogP contribution in [0.1, 0.15) is 19.6 Å². The van der Waals surface area contributed by atoms with E-state index in [0.717, 1.165) is 5.69 Å². The highest BCUT2D eigenvalue weighted by Gasteiger charge is 2.32. The lowest BCUT2D eigenvalue weighted by molar-refractivity contribution is 0.138. The van der Waals surface area contributed by atoms with E-state index in [1.54, 1.807) is 12.3 Å². The summed E-state index contributed by atoms with van der Waals surface area (Å²) in [5.74, 6) is 1.53. The largest absolute Gasteiger partial charge is 0.464 e. The topological polar surface area (TPSA) is 38.5 Å². The lowest BCUT2D eigenvalue weighted by Crippen LogP contribution is -2.32. The Morgan fingerprint density at radius 1 is 1.21 bits per heavy atom. The van der Waals surface area contributed by atoms with Gasteiger partial charge in [0, 0.05) is 17.7 Å². The first kappa shape index (κ1) is 11.8. The van der Waals surface area contributed by atoms with Gasteiger partial charge in [-0.05, 0) is 12.1 Å². The van der Waals surface area contributed by atoms with Crippen molar-refractivity contribution in [2.24, 2.45) is 5.92 Å². The van der Waals surface area contributed by atoms with Crippen molar-refractivity contribution in [2.75, 3.05) is 4.90 Å². The number of para-hydroxylation sites is 1. The molecule has 2 aromatic rings. The molecule has 0 amide bonds. The quantitative estimate of drug-likeness (QED) is 0.843. The standard InChI is InChI=1S/C15H15N2O2/c1-11(2)15-17(12-6-4-3-5-7-12)10-14(18-15)13-8-9-16-19-13/h3-9,11,15H,1-2H3. The van der Waals surface area contributed by atoms with E-state index < -0.39 is 0 Å². The second-order valence-electron chi connectivity index (χ2n) is 4.78. The smallest absolute Gasteiger partial charge is 0.203 e. The summed E-state index contributed by atoms with van der Waals surface area (Å²) >= 11 is 0. The zero-order valence-electron chi connectivity index (χ0n) is 10.9. The maximum Gasteiger partial charge on any atom is 0.203 e. The summed E-state index contributed by atoms with van der Waals surface area (Å²) < 4.78 is 11.1. The first-order valence-electron chi connectivity index (χ1n) is 6.31. The van der Waals surface area contributed by atoms with E-state index >= 15 is 0 Å². The normalized spacial score (nSPS) is 18.6. The van der Waals surface area contributed by atoms with Gasteiger partial charge in [-0.3, -0.25) is 4.90 Å². The van der Waals surface area contributed by atoms with Crippen molar-refractivity contribution in [1.29, 1.82) is 0 Å². The van der Waals surface area contributed by atoms with Crippen LogP contribution in [0.3, 0.4) is 0 Å². The molecule has 0 saturated heterocycles. The van der Waals surface area contributed by atoms with E-state index in [2.05, 4.69) is 25.2 Å². The summed E-state index contributed by atoms with van der Waals surface area (Å²) in [5.41, 5.74) is 1.05. The average molecular weight is 255 g/mol.